The van der Waals surface area contributed by atoms with Crippen molar-refractivity contribution in [2.24, 2.45) is 0 Å². The Morgan fingerprint density at radius 3 is 1.18 bits per heavy atom. The number of hydrogen-bond donors (Lipinski definition) is 0. The van der Waals surface area contributed by atoms with E-state index in [9.17, 15) is 9.36 Å². The molecular formula is C47H39O7P. The summed E-state index contributed by atoms with van der Waals surface area (Å²) in [5.41, 5.74) is 21.1. The summed E-state index contributed by atoms with van der Waals surface area (Å²) in [6.45, 7) is -0.186. The van der Waals surface area contributed by atoms with Crippen LogP contribution >= 0.6 is 7.82 Å². The Bertz CT molecular complexity index is 2510. The Balaban J connectivity index is 1.02. The van der Waals surface area contributed by atoms with Crippen molar-refractivity contribution in [3.63, 3.8) is 0 Å². The van der Waals surface area contributed by atoms with E-state index in [1.807, 2.05) is 0 Å². The van der Waals surface area contributed by atoms with Crippen molar-refractivity contribution in [2.75, 3.05) is 27.9 Å². The second-order valence-corrected chi connectivity index (χ2v) is 18.7. The third kappa shape index (κ3) is 3.76. The van der Waals surface area contributed by atoms with Crippen LogP contribution in [0.5, 0.6) is 11.5 Å². The molecule has 5 aromatic rings. The third-order valence-electron chi connectivity index (χ3n) is 15.1. The first kappa shape index (κ1) is 31.5. The Morgan fingerprint density at radius 2 is 0.836 bits per heavy atom. The fourth-order valence-corrected chi connectivity index (χ4v) is 13.9. The molecule has 5 aromatic carbocycles. The van der Waals surface area contributed by atoms with E-state index in [-0.39, 0.29) is 30.3 Å². The molecule has 8 bridgehead atoms. The average molecular weight is 747 g/mol. The lowest BCUT2D eigenvalue weighted by atomic mass is 9.74. The molecule has 0 aromatic heterocycles. The fraction of sp³-hybridized carbons (Fsp3) is 0.340. The zero-order valence-electron chi connectivity index (χ0n) is 30.9. The molecule has 8 aliphatic rings. The van der Waals surface area contributed by atoms with Gasteiger partial charge in [0.15, 0.2) is 6.61 Å². The Morgan fingerprint density at radius 1 is 0.509 bits per heavy atom. The molecule has 8 atom stereocenters. The zero-order valence-corrected chi connectivity index (χ0v) is 31.8. The topological polar surface area (TPSA) is 80.3 Å². The highest BCUT2D eigenvalue weighted by Crippen LogP contribution is 2.72. The SMILES string of the molecule is COC(=O)COc1c2c(c(OP(=O)(OC)OC)c3c1C1CC3c3cc4c(cc31)C1CC4c3ccccc31)C1CC2c2cc3c(cc21)C1CC3c2ccccc21. The molecule has 274 valence electrons. The van der Waals surface area contributed by atoms with Crippen LogP contribution in [0.4, 0.5) is 0 Å². The number of benzene rings is 5. The van der Waals surface area contributed by atoms with Gasteiger partial charge in [0, 0.05) is 83.8 Å². The molecule has 8 unspecified atom stereocenters. The predicted octanol–water partition coefficient (Wildman–Crippen LogP) is 9.94. The van der Waals surface area contributed by atoms with Gasteiger partial charge >= 0.3 is 13.8 Å². The molecule has 55 heavy (non-hydrogen) atoms. The first-order chi connectivity index (χ1) is 26.9. The number of rotatable bonds is 7. The van der Waals surface area contributed by atoms with Gasteiger partial charge in [-0.2, -0.15) is 0 Å². The Hall–Kier alpha value is -4.68. The lowest BCUT2D eigenvalue weighted by Gasteiger charge is -2.33. The van der Waals surface area contributed by atoms with Gasteiger partial charge in [0.1, 0.15) is 11.5 Å². The average Bonchev–Trinajstić information content (AvgIpc) is 4.10. The number of methoxy groups -OCH3 is 1. The number of carbonyl (C=O) groups excluding carboxylic acids is 1. The van der Waals surface area contributed by atoms with Gasteiger partial charge in [-0.25, -0.2) is 9.36 Å². The maximum atomic E-state index is 14.1. The van der Waals surface area contributed by atoms with Crippen LogP contribution in [0.1, 0.15) is 162 Å². The highest BCUT2D eigenvalue weighted by Gasteiger charge is 2.56. The van der Waals surface area contributed by atoms with Crippen LogP contribution in [0, 0.1) is 0 Å². The zero-order chi connectivity index (χ0) is 36.6. The van der Waals surface area contributed by atoms with Gasteiger partial charge in [0.05, 0.1) is 7.11 Å². The van der Waals surface area contributed by atoms with Crippen molar-refractivity contribution in [1.82, 2.24) is 0 Å². The summed E-state index contributed by atoms with van der Waals surface area (Å²) in [6.07, 6.45) is 3.98. The first-order valence-corrected chi connectivity index (χ1v) is 21.2. The van der Waals surface area contributed by atoms with Crippen molar-refractivity contribution >= 4 is 13.8 Å². The summed E-state index contributed by atoms with van der Waals surface area (Å²) in [5.74, 6) is 2.77. The Labute approximate surface area is 319 Å². The van der Waals surface area contributed by atoms with E-state index in [1.54, 1.807) is 0 Å². The van der Waals surface area contributed by atoms with Crippen molar-refractivity contribution in [1.29, 1.82) is 0 Å². The normalized spacial score (nSPS) is 27.6. The highest BCUT2D eigenvalue weighted by molar-refractivity contribution is 7.48. The number of esters is 1. The van der Waals surface area contributed by atoms with Crippen molar-refractivity contribution < 1.29 is 32.4 Å². The van der Waals surface area contributed by atoms with Crippen molar-refractivity contribution in [3.8, 4) is 11.5 Å². The smallest absolute Gasteiger partial charge is 0.481 e. The van der Waals surface area contributed by atoms with Crippen molar-refractivity contribution in [3.05, 3.63) is 162 Å². The second-order valence-electron chi connectivity index (χ2n) is 16.9. The molecule has 0 heterocycles. The van der Waals surface area contributed by atoms with Crippen LogP contribution in [0.25, 0.3) is 0 Å². The molecule has 0 aliphatic heterocycles. The van der Waals surface area contributed by atoms with Crippen molar-refractivity contribution in [2.45, 2.75) is 73.0 Å². The maximum Gasteiger partial charge on any atom is 0.529 e. The second kappa shape index (κ2) is 10.6. The highest BCUT2D eigenvalue weighted by atomic mass is 31.2. The minimum Gasteiger partial charge on any atom is -0.481 e. The largest absolute Gasteiger partial charge is 0.529 e. The van der Waals surface area contributed by atoms with E-state index in [2.05, 4.69) is 72.8 Å². The molecule has 0 N–H and O–H groups in total. The quantitative estimate of drug-likeness (QED) is 0.121. The predicted molar refractivity (Wildman–Crippen MR) is 205 cm³/mol. The lowest BCUT2D eigenvalue weighted by Crippen LogP contribution is -2.19. The standard InChI is InChI=1S/C47H39O7P/c1-50-41(48)20-53-46-42-37-18-39(35-16-31-27-12-25(29(31)14-33(35)37)21-8-4-6-10-23(21)27)44(42)47(54-55(49,51-2)52-3)45-40-19-38(43(45)46)34-15-30-26-13-28(32(30)17-36(34)40)24-11-7-5-9-22(24)26/h4-11,14-17,25-28,37-40H,12-13,18-20H2,1-3H3. The molecule has 0 saturated heterocycles. The van der Waals surface area contributed by atoms with Gasteiger partial charge in [0.25, 0.3) is 0 Å². The van der Waals surface area contributed by atoms with E-state index in [1.165, 1.54) is 88.1 Å². The van der Waals surface area contributed by atoms with E-state index in [0.29, 0.717) is 29.4 Å². The van der Waals surface area contributed by atoms with E-state index >= 15 is 0 Å². The minimum absolute atomic E-state index is 0.0171. The maximum absolute atomic E-state index is 14.1. The molecule has 0 amide bonds. The molecule has 0 spiro atoms. The summed E-state index contributed by atoms with van der Waals surface area (Å²) in [4.78, 5) is 12.8. The minimum atomic E-state index is -3.96. The van der Waals surface area contributed by atoms with Crippen LogP contribution in [-0.4, -0.2) is 33.9 Å². The summed E-state index contributed by atoms with van der Waals surface area (Å²) >= 11 is 0. The van der Waals surface area contributed by atoms with E-state index in [0.717, 1.165) is 53.7 Å². The Kier molecular flexibility index (Phi) is 6.06. The third-order valence-corrected chi connectivity index (χ3v) is 16.4. The van der Waals surface area contributed by atoms with Crippen LogP contribution in [0.15, 0.2) is 72.8 Å². The van der Waals surface area contributed by atoms with Gasteiger partial charge in [0.2, 0.25) is 0 Å². The summed E-state index contributed by atoms with van der Waals surface area (Å²) in [6, 6.07) is 27.8. The van der Waals surface area contributed by atoms with Crippen LogP contribution < -0.4 is 9.26 Å². The monoisotopic (exact) mass is 746 g/mol. The molecule has 8 heteroatoms. The number of ether oxygens (including phenoxy) is 2. The number of phosphoric acid groups is 1. The van der Waals surface area contributed by atoms with Gasteiger partial charge in [-0.3, -0.25) is 9.05 Å². The molecule has 0 fully saturated rings. The van der Waals surface area contributed by atoms with E-state index < -0.39 is 13.8 Å². The van der Waals surface area contributed by atoms with Crippen LogP contribution in [-0.2, 0) is 23.1 Å². The van der Waals surface area contributed by atoms with Gasteiger partial charge in [-0.1, -0.05) is 72.8 Å². The summed E-state index contributed by atoms with van der Waals surface area (Å²) < 4.78 is 43.6. The number of phosphoric ester groups is 1. The van der Waals surface area contributed by atoms with Crippen LogP contribution in [0.2, 0.25) is 0 Å². The van der Waals surface area contributed by atoms with Gasteiger partial charge in [-0.15, -0.1) is 0 Å². The molecule has 8 aliphatic carbocycles. The number of hydrogen-bond acceptors (Lipinski definition) is 7. The number of carbonyl (C=O) groups is 1. The molecular weight excluding hydrogens is 707 g/mol. The fourth-order valence-electron chi connectivity index (χ4n) is 13.1. The van der Waals surface area contributed by atoms with Crippen LogP contribution in [0.3, 0.4) is 0 Å². The van der Waals surface area contributed by atoms with Gasteiger partial charge in [-0.05, 0) is 92.4 Å². The van der Waals surface area contributed by atoms with Gasteiger partial charge < -0.3 is 14.0 Å². The summed E-state index contributed by atoms with van der Waals surface area (Å²) in [7, 11) is 0.204. The first-order valence-electron chi connectivity index (χ1n) is 19.8. The van der Waals surface area contributed by atoms with E-state index in [4.69, 9.17) is 23.0 Å². The molecule has 7 nitrogen and oxygen atoms in total. The molecule has 0 radical (unpaired) electrons. The molecule has 13 rings (SSSR count). The molecule has 0 saturated carbocycles. The lowest BCUT2D eigenvalue weighted by molar-refractivity contribution is -0.142. The number of fused-ring (bicyclic) bond motifs is 32. The summed E-state index contributed by atoms with van der Waals surface area (Å²) in [5, 5.41) is 0.